The van der Waals surface area contributed by atoms with E-state index in [-0.39, 0.29) is 5.97 Å². The van der Waals surface area contributed by atoms with Gasteiger partial charge in [-0.2, -0.15) is 0 Å². The number of nitrogens with zero attached hydrogens (tertiary/aromatic N) is 1. The van der Waals surface area contributed by atoms with Crippen molar-refractivity contribution in [2.75, 3.05) is 6.61 Å². The fourth-order valence-electron chi connectivity index (χ4n) is 2.34. The third-order valence-electron chi connectivity index (χ3n) is 3.29. The number of carbonyl (C=O) groups is 1. The Bertz CT molecular complexity index is 782. The number of rotatable bonds is 3. The third-order valence-corrected chi connectivity index (χ3v) is 3.29. The molecule has 1 aromatic heterocycles. The molecular weight excluding hydrogens is 262 g/mol. The number of carbonyl (C=O) groups excluding carboxylic acids is 1. The molecule has 0 N–H and O–H groups in total. The van der Waals surface area contributed by atoms with E-state index in [1.165, 1.54) is 0 Å². The van der Waals surface area contributed by atoms with Crippen molar-refractivity contribution in [2.45, 2.75) is 6.92 Å². The van der Waals surface area contributed by atoms with E-state index in [9.17, 15) is 4.79 Å². The zero-order valence-corrected chi connectivity index (χ0v) is 11.7. The molecule has 104 valence electrons. The highest BCUT2D eigenvalue weighted by Crippen LogP contribution is 2.28. The zero-order valence-electron chi connectivity index (χ0n) is 11.7. The molecule has 0 saturated carbocycles. The molecule has 0 aliphatic heterocycles. The Labute approximate surface area is 123 Å². The maximum Gasteiger partial charge on any atom is 0.356 e. The maximum atomic E-state index is 12.0. The van der Waals surface area contributed by atoms with E-state index in [4.69, 9.17) is 4.74 Å². The van der Waals surface area contributed by atoms with Crippen molar-refractivity contribution in [3.05, 3.63) is 66.4 Å². The van der Waals surface area contributed by atoms with E-state index >= 15 is 0 Å². The number of ether oxygens (including phenoxy) is 1. The minimum absolute atomic E-state index is 0.341. The van der Waals surface area contributed by atoms with Gasteiger partial charge in [0.15, 0.2) is 0 Å². The zero-order chi connectivity index (χ0) is 14.7. The number of pyridine rings is 1. The predicted octanol–water partition coefficient (Wildman–Crippen LogP) is 4.08. The van der Waals surface area contributed by atoms with Crippen molar-refractivity contribution in [3.8, 4) is 11.1 Å². The highest BCUT2D eigenvalue weighted by Gasteiger charge is 2.13. The lowest BCUT2D eigenvalue weighted by atomic mass is 10.0. The van der Waals surface area contributed by atoms with E-state index in [1.807, 2.05) is 54.6 Å². The van der Waals surface area contributed by atoms with Crippen LogP contribution in [0.15, 0.2) is 60.7 Å². The standard InChI is InChI=1S/C18H15NO2/c1-2-21-18(20)17-12-15(13-8-4-3-5-9-13)14-10-6-7-11-16(14)19-17/h3-12H,2H2,1H3. The monoisotopic (exact) mass is 277 g/mol. The molecule has 3 rings (SSSR count). The van der Waals surface area contributed by atoms with Crippen LogP contribution >= 0.6 is 0 Å². The van der Waals surface area contributed by atoms with Gasteiger partial charge in [-0.1, -0.05) is 48.5 Å². The van der Waals surface area contributed by atoms with Crippen molar-refractivity contribution < 1.29 is 9.53 Å². The van der Waals surface area contributed by atoms with Crippen LogP contribution in [0.1, 0.15) is 17.4 Å². The minimum atomic E-state index is -0.388. The molecule has 3 aromatic rings. The fraction of sp³-hybridized carbons (Fsp3) is 0.111. The SMILES string of the molecule is CCOC(=O)c1cc(-c2ccccc2)c2ccccc2n1. The predicted molar refractivity (Wildman–Crippen MR) is 83.1 cm³/mol. The lowest BCUT2D eigenvalue weighted by molar-refractivity contribution is 0.0520. The molecule has 3 nitrogen and oxygen atoms in total. The number of para-hydroxylation sites is 1. The molecule has 0 atom stereocenters. The van der Waals surface area contributed by atoms with Gasteiger partial charge in [-0.05, 0) is 30.2 Å². The van der Waals surface area contributed by atoms with Gasteiger partial charge in [0.1, 0.15) is 5.69 Å². The molecule has 0 radical (unpaired) electrons. The molecule has 0 amide bonds. The summed E-state index contributed by atoms with van der Waals surface area (Å²) in [6.07, 6.45) is 0. The first-order chi connectivity index (χ1) is 10.3. The Morgan fingerprint density at radius 2 is 1.76 bits per heavy atom. The average Bonchev–Trinajstić information content (AvgIpc) is 2.55. The quantitative estimate of drug-likeness (QED) is 0.677. The summed E-state index contributed by atoms with van der Waals surface area (Å²) in [5, 5.41) is 1.02. The van der Waals surface area contributed by atoms with Crippen LogP contribution in [0.3, 0.4) is 0 Å². The van der Waals surface area contributed by atoms with Crippen molar-refractivity contribution in [1.82, 2.24) is 4.98 Å². The van der Waals surface area contributed by atoms with Gasteiger partial charge in [-0.15, -0.1) is 0 Å². The molecule has 0 unspecified atom stereocenters. The lowest BCUT2D eigenvalue weighted by Gasteiger charge is -2.09. The van der Waals surface area contributed by atoms with Crippen LogP contribution in [0.2, 0.25) is 0 Å². The summed E-state index contributed by atoms with van der Waals surface area (Å²) in [4.78, 5) is 16.4. The molecule has 2 aromatic carbocycles. The van der Waals surface area contributed by atoms with Gasteiger partial charge in [0.2, 0.25) is 0 Å². The molecular formula is C18H15NO2. The van der Waals surface area contributed by atoms with Crippen molar-refractivity contribution in [1.29, 1.82) is 0 Å². The summed E-state index contributed by atoms with van der Waals surface area (Å²) < 4.78 is 5.07. The van der Waals surface area contributed by atoms with Gasteiger partial charge >= 0.3 is 5.97 Å². The van der Waals surface area contributed by atoms with E-state index in [0.29, 0.717) is 12.3 Å². The van der Waals surface area contributed by atoms with Crippen molar-refractivity contribution >= 4 is 16.9 Å². The van der Waals surface area contributed by atoms with E-state index in [2.05, 4.69) is 4.98 Å². The third kappa shape index (κ3) is 2.63. The van der Waals surface area contributed by atoms with Crippen LogP contribution in [-0.2, 0) is 4.74 Å². The van der Waals surface area contributed by atoms with Gasteiger partial charge in [-0.3, -0.25) is 0 Å². The summed E-state index contributed by atoms with van der Waals surface area (Å²) in [6.45, 7) is 2.13. The molecule has 0 fully saturated rings. The Balaban J connectivity index is 2.23. The van der Waals surface area contributed by atoms with Crippen LogP contribution in [0.4, 0.5) is 0 Å². The molecule has 0 aliphatic carbocycles. The van der Waals surface area contributed by atoms with Gasteiger partial charge in [-0.25, -0.2) is 9.78 Å². The molecule has 0 aliphatic rings. The van der Waals surface area contributed by atoms with E-state index in [1.54, 1.807) is 13.0 Å². The molecule has 0 saturated heterocycles. The largest absolute Gasteiger partial charge is 0.461 e. The second kappa shape index (κ2) is 5.75. The Morgan fingerprint density at radius 3 is 2.52 bits per heavy atom. The maximum absolute atomic E-state index is 12.0. The van der Waals surface area contributed by atoms with Crippen molar-refractivity contribution in [3.63, 3.8) is 0 Å². The number of hydrogen-bond acceptors (Lipinski definition) is 3. The van der Waals surface area contributed by atoms with Gasteiger partial charge in [0.05, 0.1) is 12.1 Å². The summed E-state index contributed by atoms with van der Waals surface area (Å²) in [7, 11) is 0. The number of esters is 1. The Morgan fingerprint density at radius 1 is 1.05 bits per heavy atom. The first-order valence-electron chi connectivity index (χ1n) is 6.92. The van der Waals surface area contributed by atoms with Gasteiger partial charge in [0.25, 0.3) is 0 Å². The minimum Gasteiger partial charge on any atom is -0.461 e. The highest BCUT2D eigenvalue weighted by atomic mass is 16.5. The normalized spacial score (nSPS) is 10.5. The van der Waals surface area contributed by atoms with Crippen LogP contribution in [0.25, 0.3) is 22.0 Å². The second-order valence-electron chi connectivity index (χ2n) is 4.66. The van der Waals surface area contributed by atoms with E-state index in [0.717, 1.165) is 22.0 Å². The Hall–Kier alpha value is -2.68. The number of benzene rings is 2. The van der Waals surface area contributed by atoms with Gasteiger partial charge in [0, 0.05) is 5.39 Å². The number of aromatic nitrogens is 1. The summed E-state index contributed by atoms with van der Waals surface area (Å²) in [5.41, 5.74) is 3.18. The molecule has 0 bridgehead atoms. The fourth-order valence-corrected chi connectivity index (χ4v) is 2.34. The highest BCUT2D eigenvalue weighted by molar-refractivity contribution is 5.99. The average molecular weight is 277 g/mol. The first kappa shape index (κ1) is 13.3. The molecule has 1 heterocycles. The smallest absolute Gasteiger partial charge is 0.356 e. The van der Waals surface area contributed by atoms with Crippen LogP contribution in [0, 0.1) is 0 Å². The van der Waals surface area contributed by atoms with Crippen LogP contribution in [0.5, 0.6) is 0 Å². The lowest BCUT2D eigenvalue weighted by Crippen LogP contribution is -2.07. The van der Waals surface area contributed by atoms with Crippen molar-refractivity contribution in [2.24, 2.45) is 0 Å². The van der Waals surface area contributed by atoms with Gasteiger partial charge < -0.3 is 4.74 Å². The summed E-state index contributed by atoms with van der Waals surface area (Å²) >= 11 is 0. The number of hydrogen-bond donors (Lipinski definition) is 0. The summed E-state index contributed by atoms with van der Waals surface area (Å²) in [5.74, 6) is -0.388. The second-order valence-corrected chi connectivity index (χ2v) is 4.66. The van der Waals surface area contributed by atoms with E-state index < -0.39 is 0 Å². The van der Waals surface area contributed by atoms with Crippen LogP contribution in [-0.4, -0.2) is 17.6 Å². The van der Waals surface area contributed by atoms with Crippen LogP contribution < -0.4 is 0 Å². The topological polar surface area (TPSA) is 39.2 Å². The first-order valence-corrected chi connectivity index (χ1v) is 6.92. The molecule has 21 heavy (non-hydrogen) atoms. The number of fused-ring (bicyclic) bond motifs is 1. The molecule has 0 spiro atoms. The Kier molecular flexibility index (Phi) is 3.65. The molecule has 3 heteroatoms. The summed E-state index contributed by atoms with van der Waals surface area (Å²) in [6, 6.07) is 19.6.